The molecule has 0 saturated carbocycles. The minimum Gasteiger partial charge on any atom is -0.0622 e. The predicted octanol–water partition coefficient (Wildman–Crippen LogP) is 13.9. The van der Waals surface area contributed by atoms with E-state index in [1.807, 2.05) is 0 Å². The summed E-state index contributed by atoms with van der Waals surface area (Å²) in [5.74, 6) is 0. The molecule has 0 fully saturated rings. The second-order valence-electron chi connectivity index (χ2n) is 15.4. The molecule has 234 valence electrons. The van der Waals surface area contributed by atoms with E-state index < -0.39 is 0 Å². The summed E-state index contributed by atoms with van der Waals surface area (Å²) in [5.41, 5.74) is 10.3. The van der Waals surface area contributed by atoms with E-state index >= 15 is 0 Å². The van der Waals surface area contributed by atoms with Gasteiger partial charge in [0.15, 0.2) is 0 Å². The maximum absolute atomic E-state index is 2.48. The Kier molecular flexibility index (Phi) is 7.04. The highest BCUT2D eigenvalue weighted by Gasteiger charge is 2.23. The molecule has 0 heteroatoms. The van der Waals surface area contributed by atoms with Gasteiger partial charge in [-0.3, -0.25) is 0 Å². The van der Waals surface area contributed by atoms with Crippen LogP contribution in [0.1, 0.15) is 52.7 Å². The summed E-state index contributed by atoms with van der Waals surface area (Å²) in [7, 11) is 0. The number of rotatable bonds is 3. The van der Waals surface area contributed by atoms with Crippen molar-refractivity contribution in [2.75, 3.05) is 0 Å². The zero-order valence-electron chi connectivity index (χ0n) is 28.9. The molecule has 0 bridgehead atoms. The third-order valence-electron chi connectivity index (χ3n) is 10.2. The van der Waals surface area contributed by atoms with E-state index in [-0.39, 0.29) is 10.8 Å². The van der Waals surface area contributed by atoms with E-state index in [1.54, 1.807) is 0 Å². The standard InChI is InChI=1S/C48H42/c1-47(2,3)35-24-27-42-43(29-35)45(34-18-12-17-33(28-34)31-14-8-7-9-15-31)41-26-23-36(48(4,5)6)30-44(41)46(42)40-21-13-20-38-37-19-11-10-16-32(37)22-25-39(38)40/h7-30H,1-6H3. The fraction of sp³-hybridized carbons (Fsp3) is 0.167. The molecule has 8 aromatic rings. The summed E-state index contributed by atoms with van der Waals surface area (Å²) in [6, 6.07) is 54.6. The van der Waals surface area contributed by atoms with Crippen LogP contribution in [0, 0.1) is 0 Å². The largest absolute Gasteiger partial charge is 0.0622 e. The van der Waals surface area contributed by atoms with Gasteiger partial charge in [0.05, 0.1) is 0 Å². The Bertz CT molecular complexity index is 2500. The van der Waals surface area contributed by atoms with Gasteiger partial charge in [-0.1, -0.05) is 169 Å². The van der Waals surface area contributed by atoms with Gasteiger partial charge in [0.2, 0.25) is 0 Å². The molecule has 0 aromatic heterocycles. The van der Waals surface area contributed by atoms with E-state index in [9.17, 15) is 0 Å². The third kappa shape index (κ3) is 5.08. The maximum atomic E-state index is 2.48. The molecule has 0 aliphatic carbocycles. The van der Waals surface area contributed by atoms with Gasteiger partial charge in [0.25, 0.3) is 0 Å². The molecule has 0 nitrogen and oxygen atoms in total. The molecule has 48 heavy (non-hydrogen) atoms. The molecule has 0 unspecified atom stereocenters. The zero-order chi connectivity index (χ0) is 33.2. The van der Waals surface area contributed by atoms with E-state index in [4.69, 9.17) is 0 Å². The van der Waals surface area contributed by atoms with Crippen molar-refractivity contribution in [1.29, 1.82) is 0 Å². The van der Waals surface area contributed by atoms with Gasteiger partial charge in [0.1, 0.15) is 0 Å². The van der Waals surface area contributed by atoms with Crippen LogP contribution in [-0.4, -0.2) is 0 Å². The molecule has 0 aliphatic heterocycles. The van der Waals surface area contributed by atoms with Crippen molar-refractivity contribution in [3.63, 3.8) is 0 Å². The average Bonchev–Trinajstić information content (AvgIpc) is 3.09. The lowest BCUT2D eigenvalue weighted by Gasteiger charge is -2.25. The average molecular weight is 619 g/mol. The first-order chi connectivity index (χ1) is 23.1. The van der Waals surface area contributed by atoms with Crippen molar-refractivity contribution in [2.45, 2.75) is 52.4 Å². The van der Waals surface area contributed by atoms with E-state index in [2.05, 4.69) is 187 Å². The Labute approximate surface area is 284 Å². The van der Waals surface area contributed by atoms with Gasteiger partial charge in [-0.15, -0.1) is 0 Å². The fourth-order valence-electron chi connectivity index (χ4n) is 7.51. The molecule has 0 spiro atoms. The van der Waals surface area contributed by atoms with Crippen LogP contribution in [0.3, 0.4) is 0 Å². The van der Waals surface area contributed by atoms with Crippen molar-refractivity contribution < 1.29 is 0 Å². The van der Waals surface area contributed by atoms with Gasteiger partial charge in [-0.25, -0.2) is 0 Å². The van der Waals surface area contributed by atoms with Gasteiger partial charge in [-0.05, 0) is 117 Å². The molecule has 8 aromatic carbocycles. The minimum absolute atomic E-state index is 0.0128. The number of hydrogen-bond acceptors (Lipinski definition) is 0. The molecular formula is C48H42. The predicted molar refractivity (Wildman–Crippen MR) is 210 cm³/mol. The van der Waals surface area contributed by atoms with Crippen molar-refractivity contribution in [3.05, 3.63) is 157 Å². The molecule has 0 saturated heterocycles. The SMILES string of the molecule is CC(C)(C)c1ccc2c(-c3cccc4c3ccc3ccccc34)c3cc(C(C)(C)C)ccc3c(-c3cccc(-c4ccccc4)c3)c2c1. The van der Waals surface area contributed by atoms with Crippen LogP contribution < -0.4 is 0 Å². The maximum Gasteiger partial charge on any atom is -0.00200 e. The van der Waals surface area contributed by atoms with Crippen molar-refractivity contribution in [2.24, 2.45) is 0 Å². The van der Waals surface area contributed by atoms with E-state index in [1.165, 1.54) is 87.6 Å². The highest BCUT2D eigenvalue weighted by atomic mass is 14.3. The van der Waals surface area contributed by atoms with E-state index in [0.29, 0.717) is 0 Å². The van der Waals surface area contributed by atoms with Crippen LogP contribution in [0.15, 0.2) is 146 Å². The third-order valence-corrected chi connectivity index (χ3v) is 10.2. The topological polar surface area (TPSA) is 0 Å². The first-order valence-electron chi connectivity index (χ1n) is 17.2. The van der Waals surface area contributed by atoms with Crippen LogP contribution in [-0.2, 0) is 10.8 Å². The minimum atomic E-state index is 0.0128. The van der Waals surface area contributed by atoms with Gasteiger partial charge in [-0.2, -0.15) is 0 Å². The molecule has 0 radical (unpaired) electrons. The van der Waals surface area contributed by atoms with Crippen LogP contribution >= 0.6 is 0 Å². The Balaban J connectivity index is 1.55. The summed E-state index contributed by atoms with van der Waals surface area (Å²) in [5, 5.41) is 10.3. The molecule has 0 amide bonds. The lowest BCUT2D eigenvalue weighted by atomic mass is 9.78. The second kappa shape index (κ2) is 11.2. The molecule has 0 atom stereocenters. The van der Waals surface area contributed by atoms with Crippen LogP contribution in [0.25, 0.3) is 76.5 Å². The van der Waals surface area contributed by atoms with Crippen molar-refractivity contribution >= 4 is 43.1 Å². The summed E-state index contributed by atoms with van der Waals surface area (Å²) in [6.07, 6.45) is 0. The number of benzene rings is 8. The van der Waals surface area contributed by atoms with Crippen LogP contribution in [0.5, 0.6) is 0 Å². The highest BCUT2D eigenvalue weighted by Crippen LogP contribution is 2.48. The Hall–Kier alpha value is -5.20. The van der Waals surface area contributed by atoms with E-state index in [0.717, 1.165) is 0 Å². The Morgan fingerprint density at radius 1 is 0.312 bits per heavy atom. The molecule has 0 N–H and O–H groups in total. The monoisotopic (exact) mass is 618 g/mol. The smallest absolute Gasteiger partial charge is 0.00200 e. The van der Waals surface area contributed by atoms with Gasteiger partial charge in [0, 0.05) is 0 Å². The normalized spacial score (nSPS) is 12.4. The van der Waals surface area contributed by atoms with Crippen LogP contribution in [0.4, 0.5) is 0 Å². The van der Waals surface area contributed by atoms with Gasteiger partial charge < -0.3 is 0 Å². The summed E-state index contributed by atoms with van der Waals surface area (Å²) in [6.45, 7) is 13.9. The number of fused-ring (bicyclic) bond motifs is 5. The first-order valence-corrected chi connectivity index (χ1v) is 17.2. The molecular weight excluding hydrogens is 577 g/mol. The Morgan fingerprint density at radius 3 is 1.56 bits per heavy atom. The summed E-state index contributed by atoms with van der Waals surface area (Å²) >= 11 is 0. The first kappa shape index (κ1) is 30.2. The zero-order valence-corrected chi connectivity index (χ0v) is 28.9. The van der Waals surface area contributed by atoms with Gasteiger partial charge >= 0.3 is 0 Å². The molecule has 0 aliphatic rings. The summed E-state index contributed by atoms with van der Waals surface area (Å²) < 4.78 is 0. The quantitative estimate of drug-likeness (QED) is 0.136. The highest BCUT2D eigenvalue weighted by molar-refractivity contribution is 6.25. The summed E-state index contributed by atoms with van der Waals surface area (Å²) in [4.78, 5) is 0. The van der Waals surface area contributed by atoms with Crippen molar-refractivity contribution in [3.8, 4) is 33.4 Å². The number of hydrogen-bond donors (Lipinski definition) is 0. The molecule has 0 heterocycles. The fourth-order valence-corrected chi connectivity index (χ4v) is 7.51. The van der Waals surface area contributed by atoms with Crippen molar-refractivity contribution in [1.82, 2.24) is 0 Å². The Morgan fingerprint density at radius 2 is 0.854 bits per heavy atom. The lowest BCUT2D eigenvalue weighted by molar-refractivity contribution is 0.590. The van der Waals surface area contributed by atoms with Crippen LogP contribution in [0.2, 0.25) is 0 Å². The second-order valence-corrected chi connectivity index (χ2v) is 15.4. The molecule has 8 rings (SSSR count). The lowest BCUT2D eigenvalue weighted by Crippen LogP contribution is -2.11.